The second kappa shape index (κ2) is 7.38. The van der Waals surface area contributed by atoms with Gasteiger partial charge in [0.25, 0.3) is 0 Å². The molecule has 1 aliphatic carbocycles. The summed E-state index contributed by atoms with van der Waals surface area (Å²) in [4.78, 5) is 2.66. The van der Waals surface area contributed by atoms with Gasteiger partial charge < -0.3 is 10.2 Å². The van der Waals surface area contributed by atoms with Crippen LogP contribution in [0.25, 0.3) is 0 Å². The van der Waals surface area contributed by atoms with Gasteiger partial charge in [-0.05, 0) is 64.7 Å². The third-order valence-corrected chi connectivity index (χ3v) is 4.80. The Labute approximate surface area is 107 Å². The van der Waals surface area contributed by atoms with Gasteiger partial charge >= 0.3 is 0 Å². The average molecular weight is 238 g/mol. The van der Waals surface area contributed by atoms with E-state index < -0.39 is 0 Å². The van der Waals surface area contributed by atoms with Crippen molar-refractivity contribution in [2.75, 3.05) is 26.7 Å². The van der Waals surface area contributed by atoms with Crippen LogP contribution in [0.2, 0.25) is 0 Å². The van der Waals surface area contributed by atoms with E-state index in [0.717, 1.165) is 12.0 Å². The Kier molecular flexibility index (Phi) is 5.79. The van der Waals surface area contributed by atoms with E-state index in [4.69, 9.17) is 0 Å². The lowest BCUT2D eigenvalue weighted by molar-refractivity contribution is 0.197. The maximum Gasteiger partial charge on any atom is 0.00922 e. The topological polar surface area (TPSA) is 15.3 Å². The number of hydrogen-bond acceptors (Lipinski definition) is 2. The van der Waals surface area contributed by atoms with E-state index in [1.807, 2.05) is 0 Å². The first-order chi connectivity index (χ1) is 8.36. The summed E-state index contributed by atoms with van der Waals surface area (Å²) in [6, 6.07) is 0.888. The molecule has 0 bridgehead atoms. The van der Waals surface area contributed by atoms with Crippen molar-refractivity contribution < 1.29 is 0 Å². The summed E-state index contributed by atoms with van der Waals surface area (Å²) in [5.41, 5.74) is 0. The Morgan fingerprint density at radius 1 is 0.941 bits per heavy atom. The van der Waals surface area contributed by atoms with Crippen LogP contribution in [0, 0.1) is 5.92 Å². The Balaban J connectivity index is 1.66. The quantitative estimate of drug-likeness (QED) is 0.757. The predicted molar refractivity (Wildman–Crippen MR) is 74.3 cm³/mol. The molecule has 1 aliphatic heterocycles. The van der Waals surface area contributed by atoms with Gasteiger partial charge in [0.15, 0.2) is 0 Å². The fraction of sp³-hybridized carbons (Fsp3) is 1.00. The molecule has 0 aromatic rings. The van der Waals surface area contributed by atoms with Gasteiger partial charge in [0.2, 0.25) is 0 Å². The van der Waals surface area contributed by atoms with E-state index in [0.29, 0.717) is 0 Å². The van der Waals surface area contributed by atoms with Crippen LogP contribution >= 0.6 is 0 Å². The molecule has 1 heterocycles. The minimum atomic E-state index is 0.888. The van der Waals surface area contributed by atoms with Crippen molar-refractivity contribution in [3.63, 3.8) is 0 Å². The average Bonchev–Trinajstić information content (AvgIpc) is 2.66. The van der Waals surface area contributed by atoms with Gasteiger partial charge in [-0.1, -0.05) is 25.7 Å². The molecule has 100 valence electrons. The molecular weight excluding hydrogens is 208 g/mol. The van der Waals surface area contributed by atoms with Crippen molar-refractivity contribution in [2.24, 2.45) is 5.92 Å². The van der Waals surface area contributed by atoms with E-state index in [2.05, 4.69) is 17.3 Å². The lowest BCUT2D eigenvalue weighted by Crippen LogP contribution is -2.35. The standard InChI is InChI=1S/C15H30N2/c1-17(15-6-4-2-3-5-7-15)13-10-14-8-11-16-12-9-14/h14-16H,2-13H2,1H3. The van der Waals surface area contributed by atoms with Crippen molar-refractivity contribution in [1.29, 1.82) is 0 Å². The zero-order chi connectivity index (χ0) is 11.9. The lowest BCUT2D eigenvalue weighted by Gasteiger charge is -2.30. The molecule has 0 unspecified atom stereocenters. The largest absolute Gasteiger partial charge is 0.317 e. The fourth-order valence-electron chi connectivity index (χ4n) is 3.44. The zero-order valence-electron chi connectivity index (χ0n) is 11.6. The van der Waals surface area contributed by atoms with Crippen LogP contribution in [0.15, 0.2) is 0 Å². The molecule has 1 saturated carbocycles. The van der Waals surface area contributed by atoms with Gasteiger partial charge in [0.05, 0.1) is 0 Å². The van der Waals surface area contributed by atoms with Gasteiger partial charge in [-0.15, -0.1) is 0 Å². The van der Waals surface area contributed by atoms with E-state index in [-0.39, 0.29) is 0 Å². The van der Waals surface area contributed by atoms with Crippen LogP contribution in [0.3, 0.4) is 0 Å². The van der Waals surface area contributed by atoms with Crippen LogP contribution < -0.4 is 5.32 Å². The SMILES string of the molecule is CN(CCC1CCNCC1)C1CCCCCC1. The summed E-state index contributed by atoms with van der Waals surface area (Å²) in [7, 11) is 2.36. The molecule has 0 aromatic carbocycles. The molecule has 0 aromatic heterocycles. The first kappa shape index (κ1) is 13.4. The molecule has 1 saturated heterocycles. The fourth-order valence-corrected chi connectivity index (χ4v) is 3.44. The van der Waals surface area contributed by atoms with Crippen LogP contribution in [0.1, 0.15) is 57.8 Å². The van der Waals surface area contributed by atoms with E-state index in [1.165, 1.54) is 77.4 Å². The predicted octanol–water partition coefficient (Wildman–Crippen LogP) is 3.03. The maximum atomic E-state index is 3.46. The molecule has 2 nitrogen and oxygen atoms in total. The Hall–Kier alpha value is -0.0800. The molecule has 1 N–H and O–H groups in total. The second-order valence-electron chi connectivity index (χ2n) is 6.11. The first-order valence-corrected chi connectivity index (χ1v) is 7.77. The molecule has 0 atom stereocenters. The summed E-state index contributed by atoms with van der Waals surface area (Å²) < 4.78 is 0. The van der Waals surface area contributed by atoms with Crippen molar-refractivity contribution in [3.05, 3.63) is 0 Å². The minimum absolute atomic E-state index is 0.888. The summed E-state index contributed by atoms with van der Waals surface area (Å²) in [5.74, 6) is 0.990. The molecule has 2 fully saturated rings. The summed E-state index contributed by atoms with van der Waals surface area (Å²) >= 11 is 0. The van der Waals surface area contributed by atoms with Crippen LogP contribution in [-0.2, 0) is 0 Å². The molecule has 2 aliphatic rings. The highest BCUT2D eigenvalue weighted by Crippen LogP contribution is 2.22. The van der Waals surface area contributed by atoms with Crippen molar-refractivity contribution >= 4 is 0 Å². The summed E-state index contributed by atoms with van der Waals surface area (Å²) in [5, 5.41) is 3.46. The molecular formula is C15H30N2. The molecule has 0 amide bonds. The Bertz CT molecular complexity index is 191. The number of nitrogens with one attached hydrogen (secondary N) is 1. The Morgan fingerprint density at radius 2 is 1.59 bits per heavy atom. The lowest BCUT2D eigenvalue weighted by atomic mass is 9.94. The van der Waals surface area contributed by atoms with Crippen molar-refractivity contribution in [2.45, 2.75) is 63.8 Å². The number of nitrogens with zero attached hydrogens (tertiary/aromatic N) is 1. The van der Waals surface area contributed by atoms with Crippen LogP contribution in [-0.4, -0.2) is 37.6 Å². The third kappa shape index (κ3) is 4.59. The highest BCUT2D eigenvalue weighted by molar-refractivity contribution is 4.75. The van der Waals surface area contributed by atoms with Crippen molar-refractivity contribution in [1.82, 2.24) is 10.2 Å². The van der Waals surface area contributed by atoms with Gasteiger partial charge in [-0.25, -0.2) is 0 Å². The van der Waals surface area contributed by atoms with Crippen LogP contribution in [0.4, 0.5) is 0 Å². The van der Waals surface area contributed by atoms with Crippen LogP contribution in [0.5, 0.6) is 0 Å². The Morgan fingerprint density at radius 3 is 2.24 bits per heavy atom. The first-order valence-electron chi connectivity index (χ1n) is 7.77. The van der Waals surface area contributed by atoms with Crippen molar-refractivity contribution in [3.8, 4) is 0 Å². The molecule has 0 spiro atoms. The van der Waals surface area contributed by atoms with E-state index in [1.54, 1.807) is 0 Å². The second-order valence-corrected chi connectivity index (χ2v) is 6.11. The third-order valence-electron chi connectivity index (χ3n) is 4.80. The monoisotopic (exact) mass is 238 g/mol. The summed E-state index contributed by atoms with van der Waals surface area (Å²) in [6.07, 6.45) is 13.0. The molecule has 2 heteroatoms. The van der Waals surface area contributed by atoms with Gasteiger partial charge in [-0.2, -0.15) is 0 Å². The normalized spacial score (nSPS) is 25.1. The number of piperidine rings is 1. The summed E-state index contributed by atoms with van der Waals surface area (Å²) in [6.45, 7) is 3.82. The molecule has 2 rings (SSSR count). The number of rotatable bonds is 4. The molecule has 17 heavy (non-hydrogen) atoms. The maximum absolute atomic E-state index is 3.46. The smallest absolute Gasteiger partial charge is 0.00922 e. The highest BCUT2D eigenvalue weighted by Gasteiger charge is 2.19. The minimum Gasteiger partial charge on any atom is -0.317 e. The number of hydrogen-bond donors (Lipinski definition) is 1. The van der Waals surface area contributed by atoms with Gasteiger partial charge in [-0.3, -0.25) is 0 Å². The molecule has 0 radical (unpaired) electrons. The van der Waals surface area contributed by atoms with Gasteiger partial charge in [0.1, 0.15) is 0 Å². The van der Waals surface area contributed by atoms with E-state index in [9.17, 15) is 0 Å². The van der Waals surface area contributed by atoms with E-state index >= 15 is 0 Å². The zero-order valence-corrected chi connectivity index (χ0v) is 11.6. The highest BCUT2D eigenvalue weighted by atomic mass is 15.1. The van der Waals surface area contributed by atoms with Gasteiger partial charge in [0, 0.05) is 6.04 Å².